The molecule has 0 N–H and O–H groups in total. The Morgan fingerprint density at radius 3 is 2.96 bits per heavy atom. The van der Waals surface area contributed by atoms with Crippen molar-refractivity contribution in [3.8, 4) is 0 Å². The summed E-state index contributed by atoms with van der Waals surface area (Å²) in [6, 6.07) is 1.31. The van der Waals surface area contributed by atoms with Gasteiger partial charge in [-0.2, -0.15) is 5.10 Å². The number of aromatic nitrogens is 2. The minimum Gasteiger partial charge on any atom is -0.380 e. The van der Waals surface area contributed by atoms with Crippen molar-refractivity contribution in [3.05, 3.63) is 39.8 Å². The predicted octanol–water partition coefficient (Wildman–Crippen LogP) is 1.72. The molecular weight excluding hydrogens is 362 g/mol. The van der Waals surface area contributed by atoms with Gasteiger partial charge in [0.25, 0.3) is 5.91 Å². The van der Waals surface area contributed by atoms with E-state index in [-0.39, 0.29) is 24.0 Å². The number of ether oxygens (including phenoxy) is 1. The summed E-state index contributed by atoms with van der Waals surface area (Å²) < 4.78 is 31.1. The van der Waals surface area contributed by atoms with E-state index in [2.05, 4.69) is 5.10 Å². The molecule has 25 heavy (non-hydrogen) atoms. The highest BCUT2D eigenvalue weighted by atomic mass is 32.2. The molecule has 2 aromatic rings. The van der Waals surface area contributed by atoms with E-state index >= 15 is 0 Å². The van der Waals surface area contributed by atoms with Crippen LogP contribution in [0.25, 0.3) is 0 Å². The molecule has 7 nitrogen and oxygen atoms in total. The van der Waals surface area contributed by atoms with Gasteiger partial charge in [0.05, 0.1) is 35.2 Å². The highest BCUT2D eigenvalue weighted by Gasteiger charge is 2.36. The normalized spacial score (nSPS) is 19.9. The summed E-state index contributed by atoms with van der Waals surface area (Å²) in [5.41, 5.74) is 1.70. The summed E-state index contributed by atoms with van der Waals surface area (Å²) in [6.45, 7) is 3.30. The molecule has 3 rings (SSSR count). The minimum atomic E-state index is -3.18. The second-order valence-electron chi connectivity index (χ2n) is 6.01. The summed E-state index contributed by atoms with van der Waals surface area (Å²) in [6.07, 6.45) is 3.47. The molecule has 1 atom stereocenters. The van der Waals surface area contributed by atoms with Crippen LogP contribution in [0.1, 0.15) is 33.8 Å². The first-order chi connectivity index (χ1) is 11.9. The maximum absolute atomic E-state index is 13.0. The third-order valence-corrected chi connectivity index (χ3v) is 6.82. The lowest BCUT2D eigenvalue weighted by Gasteiger charge is -2.34. The molecule has 1 unspecified atom stereocenters. The monoisotopic (exact) mass is 383 g/mol. The molecular formula is C16H21N3O4S2. The minimum absolute atomic E-state index is 0.00649. The van der Waals surface area contributed by atoms with Gasteiger partial charge in [-0.05, 0) is 23.9 Å². The zero-order valence-electron chi connectivity index (χ0n) is 14.2. The Bertz CT molecular complexity index is 856. The largest absolute Gasteiger partial charge is 0.380 e. The van der Waals surface area contributed by atoms with Crippen LogP contribution < -0.4 is 0 Å². The van der Waals surface area contributed by atoms with Gasteiger partial charge in [-0.15, -0.1) is 11.3 Å². The smallest absolute Gasteiger partial charge is 0.264 e. The molecule has 0 aromatic carbocycles. The molecule has 0 saturated carbocycles. The highest BCUT2D eigenvalue weighted by Crippen LogP contribution is 2.29. The van der Waals surface area contributed by atoms with Gasteiger partial charge in [-0.1, -0.05) is 0 Å². The van der Waals surface area contributed by atoms with Gasteiger partial charge in [-0.25, -0.2) is 8.42 Å². The topological polar surface area (TPSA) is 81.5 Å². The van der Waals surface area contributed by atoms with Crippen LogP contribution in [0.5, 0.6) is 0 Å². The summed E-state index contributed by atoms with van der Waals surface area (Å²) in [5.74, 6) is -0.214. The average Bonchev–Trinajstić information content (AvgIpc) is 3.23. The standard InChI is InChI=1S/C16H21N3O4S2/c1-3-18-8-13(7-17-18)14-11-25(21,22)5-4-19(14)16(20)15-6-12(9-23-2)10-24-15/h6-8,10,14H,3-5,9,11H2,1-2H3. The van der Waals surface area contributed by atoms with Crippen LogP contribution in [-0.4, -0.2) is 54.2 Å². The quantitative estimate of drug-likeness (QED) is 0.785. The molecule has 1 fully saturated rings. The molecule has 136 valence electrons. The van der Waals surface area contributed by atoms with Gasteiger partial charge in [0.1, 0.15) is 0 Å². The van der Waals surface area contributed by atoms with E-state index in [1.54, 1.807) is 22.9 Å². The fourth-order valence-electron chi connectivity index (χ4n) is 2.92. The molecule has 3 heterocycles. The molecule has 9 heteroatoms. The average molecular weight is 383 g/mol. The van der Waals surface area contributed by atoms with Crippen molar-refractivity contribution in [2.75, 3.05) is 25.2 Å². The summed E-state index contributed by atoms with van der Waals surface area (Å²) in [5, 5.41) is 6.11. The zero-order valence-corrected chi connectivity index (χ0v) is 15.8. The number of thiophene rings is 1. The SMILES string of the molecule is CCn1cc(C2CS(=O)(=O)CCN2C(=O)c2cc(COC)cs2)cn1. The van der Waals surface area contributed by atoms with Crippen LogP contribution in [0, 0.1) is 0 Å². The first-order valence-corrected chi connectivity index (χ1v) is 10.7. The van der Waals surface area contributed by atoms with Crippen molar-refractivity contribution in [2.45, 2.75) is 26.1 Å². The molecule has 1 aliphatic rings. The Morgan fingerprint density at radius 2 is 2.28 bits per heavy atom. The van der Waals surface area contributed by atoms with Crippen LogP contribution in [-0.2, 0) is 27.7 Å². The van der Waals surface area contributed by atoms with Crippen LogP contribution in [0.4, 0.5) is 0 Å². The number of aryl methyl sites for hydroxylation is 1. The van der Waals surface area contributed by atoms with Gasteiger partial charge in [0, 0.05) is 32.0 Å². The lowest BCUT2D eigenvalue weighted by Crippen LogP contribution is -2.45. The Morgan fingerprint density at radius 1 is 1.48 bits per heavy atom. The number of carbonyl (C=O) groups excluding carboxylic acids is 1. The maximum atomic E-state index is 13.0. The third kappa shape index (κ3) is 3.94. The number of amides is 1. The Hall–Kier alpha value is -1.71. The van der Waals surface area contributed by atoms with E-state index < -0.39 is 15.9 Å². The molecule has 1 saturated heterocycles. The van der Waals surface area contributed by atoms with E-state index in [9.17, 15) is 13.2 Å². The van der Waals surface area contributed by atoms with E-state index in [1.165, 1.54) is 11.3 Å². The summed E-state index contributed by atoms with van der Waals surface area (Å²) >= 11 is 1.36. The van der Waals surface area contributed by atoms with Gasteiger partial charge in [-0.3, -0.25) is 9.48 Å². The number of carbonyl (C=O) groups is 1. The van der Waals surface area contributed by atoms with Gasteiger partial charge in [0.2, 0.25) is 0 Å². The van der Waals surface area contributed by atoms with Crippen molar-refractivity contribution in [3.63, 3.8) is 0 Å². The van der Waals surface area contributed by atoms with E-state index in [4.69, 9.17) is 4.74 Å². The molecule has 0 spiro atoms. The van der Waals surface area contributed by atoms with Crippen molar-refractivity contribution in [1.82, 2.24) is 14.7 Å². The van der Waals surface area contributed by atoms with Crippen molar-refractivity contribution in [2.24, 2.45) is 0 Å². The van der Waals surface area contributed by atoms with Crippen molar-refractivity contribution in [1.29, 1.82) is 0 Å². The lowest BCUT2D eigenvalue weighted by atomic mass is 10.1. The molecule has 2 aromatic heterocycles. The Labute approximate surface area is 151 Å². The fourth-order valence-corrected chi connectivity index (χ4v) is 5.27. The molecule has 0 radical (unpaired) electrons. The lowest BCUT2D eigenvalue weighted by molar-refractivity contribution is 0.0702. The van der Waals surface area contributed by atoms with Crippen molar-refractivity contribution < 1.29 is 17.9 Å². The second kappa shape index (κ2) is 7.27. The fraction of sp³-hybridized carbons (Fsp3) is 0.500. The van der Waals surface area contributed by atoms with E-state index in [0.29, 0.717) is 18.0 Å². The van der Waals surface area contributed by atoms with E-state index in [1.807, 2.05) is 24.6 Å². The Balaban J connectivity index is 1.89. The van der Waals surface area contributed by atoms with Gasteiger partial charge < -0.3 is 9.64 Å². The van der Waals surface area contributed by atoms with Crippen LogP contribution in [0.3, 0.4) is 0 Å². The van der Waals surface area contributed by atoms with Gasteiger partial charge >= 0.3 is 0 Å². The number of methoxy groups -OCH3 is 1. The molecule has 0 bridgehead atoms. The first-order valence-electron chi connectivity index (χ1n) is 8.03. The number of hydrogen-bond acceptors (Lipinski definition) is 6. The number of rotatable bonds is 5. The van der Waals surface area contributed by atoms with Crippen LogP contribution in [0.15, 0.2) is 23.8 Å². The first kappa shape index (κ1) is 18.1. The van der Waals surface area contributed by atoms with Gasteiger partial charge in [0.15, 0.2) is 9.84 Å². The summed E-state index contributed by atoms with van der Waals surface area (Å²) in [4.78, 5) is 15.2. The van der Waals surface area contributed by atoms with E-state index in [0.717, 1.165) is 11.1 Å². The Kier molecular flexibility index (Phi) is 5.26. The highest BCUT2D eigenvalue weighted by molar-refractivity contribution is 7.91. The predicted molar refractivity (Wildman–Crippen MR) is 95.4 cm³/mol. The zero-order chi connectivity index (χ0) is 18.0. The van der Waals surface area contributed by atoms with Crippen LogP contribution >= 0.6 is 11.3 Å². The number of sulfone groups is 1. The third-order valence-electron chi connectivity index (χ3n) is 4.23. The number of nitrogens with zero attached hydrogens (tertiary/aromatic N) is 3. The maximum Gasteiger partial charge on any atom is 0.264 e. The second-order valence-corrected chi connectivity index (χ2v) is 9.15. The van der Waals surface area contributed by atoms with Crippen molar-refractivity contribution >= 4 is 27.1 Å². The molecule has 0 aliphatic carbocycles. The number of hydrogen-bond donors (Lipinski definition) is 0. The summed E-state index contributed by atoms with van der Waals surface area (Å²) in [7, 11) is -1.57. The molecule has 1 amide bonds. The van der Waals surface area contributed by atoms with Crippen LogP contribution in [0.2, 0.25) is 0 Å². The molecule has 1 aliphatic heterocycles.